The van der Waals surface area contributed by atoms with Crippen LogP contribution in [0.2, 0.25) is 5.15 Å². The highest BCUT2D eigenvalue weighted by atomic mass is 79.9. The van der Waals surface area contributed by atoms with E-state index in [1.165, 1.54) is 6.33 Å². The standard InChI is InChI=1S/C11H8BrClN2/c1-7-10(14-6-15-11(7)13)8-2-4-9(12)5-3-8/h2-6H,1H3. The van der Waals surface area contributed by atoms with Crippen molar-refractivity contribution in [3.05, 3.63) is 45.8 Å². The van der Waals surface area contributed by atoms with Crippen molar-refractivity contribution in [3.63, 3.8) is 0 Å². The Bertz CT molecular complexity index is 482. The van der Waals surface area contributed by atoms with E-state index in [0.717, 1.165) is 21.3 Å². The minimum Gasteiger partial charge on any atom is -0.236 e. The quantitative estimate of drug-likeness (QED) is 0.743. The molecule has 2 rings (SSSR count). The van der Waals surface area contributed by atoms with E-state index in [1.54, 1.807) is 0 Å². The van der Waals surface area contributed by atoms with Crippen LogP contribution in [0, 0.1) is 6.92 Å². The van der Waals surface area contributed by atoms with Gasteiger partial charge in [-0.15, -0.1) is 0 Å². The molecule has 0 N–H and O–H groups in total. The van der Waals surface area contributed by atoms with Gasteiger partial charge in [-0.1, -0.05) is 39.7 Å². The third-order valence-corrected chi connectivity index (χ3v) is 3.05. The second-order valence-electron chi connectivity index (χ2n) is 3.14. The summed E-state index contributed by atoms with van der Waals surface area (Å²) in [5, 5.41) is 0.503. The summed E-state index contributed by atoms with van der Waals surface area (Å²) in [4.78, 5) is 8.16. The van der Waals surface area contributed by atoms with Gasteiger partial charge in [0.2, 0.25) is 0 Å². The predicted octanol–water partition coefficient (Wildman–Crippen LogP) is 3.87. The fraction of sp³-hybridized carbons (Fsp3) is 0.0909. The van der Waals surface area contributed by atoms with E-state index in [0.29, 0.717) is 5.15 Å². The number of nitrogens with zero attached hydrogens (tertiary/aromatic N) is 2. The monoisotopic (exact) mass is 282 g/mol. The van der Waals surface area contributed by atoms with Crippen LogP contribution in [-0.2, 0) is 0 Å². The molecule has 0 saturated heterocycles. The van der Waals surface area contributed by atoms with Crippen LogP contribution in [0.4, 0.5) is 0 Å². The van der Waals surface area contributed by atoms with Crippen molar-refractivity contribution < 1.29 is 0 Å². The molecular weight excluding hydrogens is 275 g/mol. The number of benzene rings is 1. The van der Waals surface area contributed by atoms with E-state index in [2.05, 4.69) is 25.9 Å². The zero-order valence-electron chi connectivity index (χ0n) is 8.04. The number of aromatic nitrogens is 2. The summed E-state index contributed by atoms with van der Waals surface area (Å²) >= 11 is 9.33. The highest BCUT2D eigenvalue weighted by molar-refractivity contribution is 9.10. The van der Waals surface area contributed by atoms with Gasteiger partial charge in [-0.3, -0.25) is 0 Å². The Labute approximate surface area is 101 Å². The van der Waals surface area contributed by atoms with Crippen molar-refractivity contribution in [2.75, 3.05) is 0 Å². The van der Waals surface area contributed by atoms with Crippen LogP contribution in [0.1, 0.15) is 5.56 Å². The highest BCUT2D eigenvalue weighted by Gasteiger charge is 2.06. The topological polar surface area (TPSA) is 25.8 Å². The first-order valence-electron chi connectivity index (χ1n) is 4.41. The molecule has 4 heteroatoms. The predicted molar refractivity (Wildman–Crippen MR) is 64.9 cm³/mol. The molecular formula is C11H8BrClN2. The van der Waals surface area contributed by atoms with Gasteiger partial charge < -0.3 is 0 Å². The molecule has 1 heterocycles. The van der Waals surface area contributed by atoms with E-state index in [4.69, 9.17) is 11.6 Å². The zero-order chi connectivity index (χ0) is 10.8. The fourth-order valence-electron chi connectivity index (χ4n) is 1.33. The molecule has 0 spiro atoms. The van der Waals surface area contributed by atoms with Gasteiger partial charge in [0.25, 0.3) is 0 Å². The van der Waals surface area contributed by atoms with Crippen molar-refractivity contribution in [1.29, 1.82) is 0 Å². The van der Waals surface area contributed by atoms with Gasteiger partial charge in [0, 0.05) is 15.6 Å². The average Bonchev–Trinajstić information content (AvgIpc) is 2.24. The lowest BCUT2D eigenvalue weighted by molar-refractivity contribution is 1.13. The molecule has 0 fully saturated rings. The van der Waals surface area contributed by atoms with E-state index < -0.39 is 0 Å². The lowest BCUT2D eigenvalue weighted by Gasteiger charge is -2.05. The van der Waals surface area contributed by atoms with Crippen LogP contribution in [0.25, 0.3) is 11.3 Å². The lowest BCUT2D eigenvalue weighted by atomic mass is 10.1. The first-order valence-corrected chi connectivity index (χ1v) is 5.58. The highest BCUT2D eigenvalue weighted by Crippen LogP contribution is 2.25. The average molecular weight is 284 g/mol. The maximum absolute atomic E-state index is 5.93. The summed E-state index contributed by atoms with van der Waals surface area (Å²) in [5.74, 6) is 0. The van der Waals surface area contributed by atoms with Crippen molar-refractivity contribution in [1.82, 2.24) is 9.97 Å². The molecule has 2 aromatic rings. The molecule has 0 bridgehead atoms. The Balaban J connectivity index is 2.54. The van der Waals surface area contributed by atoms with Crippen LogP contribution in [0.5, 0.6) is 0 Å². The molecule has 15 heavy (non-hydrogen) atoms. The normalized spacial score (nSPS) is 10.3. The van der Waals surface area contributed by atoms with E-state index >= 15 is 0 Å². The first-order chi connectivity index (χ1) is 7.18. The van der Waals surface area contributed by atoms with Gasteiger partial charge >= 0.3 is 0 Å². The molecule has 1 aromatic carbocycles. The minimum atomic E-state index is 0.503. The summed E-state index contributed by atoms with van der Waals surface area (Å²) in [5.41, 5.74) is 2.82. The largest absolute Gasteiger partial charge is 0.236 e. The Morgan fingerprint density at radius 2 is 1.80 bits per heavy atom. The van der Waals surface area contributed by atoms with E-state index in [1.807, 2.05) is 31.2 Å². The van der Waals surface area contributed by atoms with Crippen LogP contribution in [0.3, 0.4) is 0 Å². The zero-order valence-corrected chi connectivity index (χ0v) is 10.4. The van der Waals surface area contributed by atoms with Crippen molar-refractivity contribution in [2.45, 2.75) is 6.92 Å². The summed E-state index contributed by atoms with van der Waals surface area (Å²) in [6.45, 7) is 1.92. The summed E-state index contributed by atoms with van der Waals surface area (Å²) in [6, 6.07) is 7.95. The lowest BCUT2D eigenvalue weighted by Crippen LogP contribution is -1.91. The summed E-state index contributed by atoms with van der Waals surface area (Å²) in [6.07, 6.45) is 1.48. The minimum absolute atomic E-state index is 0.503. The molecule has 1 aromatic heterocycles. The Morgan fingerprint density at radius 3 is 2.47 bits per heavy atom. The van der Waals surface area contributed by atoms with Crippen LogP contribution >= 0.6 is 27.5 Å². The van der Waals surface area contributed by atoms with Gasteiger partial charge in [0.1, 0.15) is 11.5 Å². The molecule has 0 unspecified atom stereocenters. The summed E-state index contributed by atoms with van der Waals surface area (Å²) in [7, 11) is 0. The smallest absolute Gasteiger partial charge is 0.135 e. The third-order valence-electron chi connectivity index (χ3n) is 2.14. The number of rotatable bonds is 1. The summed E-state index contributed by atoms with van der Waals surface area (Å²) < 4.78 is 1.05. The third kappa shape index (κ3) is 2.19. The number of hydrogen-bond donors (Lipinski definition) is 0. The molecule has 0 radical (unpaired) electrons. The van der Waals surface area contributed by atoms with Crippen molar-refractivity contribution >= 4 is 27.5 Å². The maximum atomic E-state index is 5.93. The molecule has 0 amide bonds. The van der Waals surface area contributed by atoms with Crippen LogP contribution in [0.15, 0.2) is 35.1 Å². The molecule has 2 nitrogen and oxygen atoms in total. The molecule has 0 aliphatic rings. The fourth-order valence-corrected chi connectivity index (χ4v) is 1.72. The Hall–Kier alpha value is -0.930. The van der Waals surface area contributed by atoms with Gasteiger partial charge in [0.05, 0.1) is 5.69 Å². The van der Waals surface area contributed by atoms with Gasteiger partial charge in [-0.2, -0.15) is 0 Å². The SMILES string of the molecule is Cc1c(Cl)ncnc1-c1ccc(Br)cc1. The van der Waals surface area contributed by atoms with Crippen molar-refractivity contribution in [2.24, 2.45) is 0 Å². The molecule has 0 atom stereocenters. The van der Waals surface area contributed by atoms with Gasteiger partial charge in [0.15, 0.2) is 0 Å². The molecule has 0 saturated carbocycles. The number of halogens is 2. The molecule has 76 valence electrons. The van der Waals surface area contributed by atoms with Crippen molar-refractivity contribution in [3.8, 4) is 11.3 Å². The Morgan fingerprint density at radius 1 is 1.13 bits per heavy atom. The molecule has 0 aliphatic carbocycles. The second kappa shape index (κ2) is 4.29. The Kier molecular flexibility index (Phi) is 3.03. The molecule has 0 aliphatic heterocycles. The van der Waals surface area contributed by atoms with Crippen LogP contribution < -0.4 is 0 Å². The van der Waals surface area contributed by atoms with Crippen LogP contribution in [-0.4, -0.2) is 9.97 Å². The second-order valence-corrected chi connectivity index (χ2v) is 4.42. The number of hydrogen-bond acceptors (Lipinski definition) is 2. The first kappa shape index (κ1) is 10.6. The van der Waals surface area contributed by atoms with E-state index in [9.17, 15) is 0 Å². The maximum Gasteiger partial charge on any atom is 0.135 e. The van der Waals surface area contributed by atoms with E-state index in [-0.39, 0.29) is 0 Å². The van der Waals surface area contributed by atoms with Gasteiger partial charge in [-0.25, -0.2) is 9.97 Å². The van der Waals surface area contributed by atoms with Gasteiger partial charge in [-0.05, 0) is 19.1 Å².